The van der Waals surface area contributed by atoms with E-state index in [0.717, 1.165) is 4.31 Å². The van der Waals surface area contributed by atoms with Crippen molar-refractivity contribution in [2.75, 3.05) is 14.1 Å². The maximum Gasteiger partial charge on any atom is 0.304 e. The Labute approximate surface area is 84.1 Å². The van der Waals surface area contributed by atoms with Crippen LogP contribution in [0.15, 0.2) is 0 Å². The van der Waals surface area contributed by atoms with Gasteiger partial charge >= 0.3 is 5.97 Å². The second kappa shape index (κ2) is 5.28. The highest BCUT2D eigenvalue weighted by molar-refractivity contribution is 7.87. The number of hydrogen-bond donors (Lipinski definition) is 2. The average molecular weight is 224 g/mol. The maximum absolute atomic E-state index is 11.3. The third-order valence-corrected chi connectivity index (χ3v) is 3.30. The molecule has 1 atom stereocenters. The van der Waals surface area contributed by atoms with Crippen LogP contribution in [0.4, 0.5) is 0 Å². The molecule has 0 aliphatic heterocycles. The van der Waals surface area contributed by atoms with Crippen LogP contribution >= 0.6 is 0 Å². The van der Waals surface area contributed by atoms with Gasteiger partial charge in [-0.15, -0.1) is 0 Å². The highest BCUT2D eigenvalue weighted by Crippen LogP contribution is 2.01. The lowest BCUT2D eigenvalue weighted by molar-refractivity contribution is -0.137. The van der Waals surface area contributed by atoms with Gasteiger partial charge in [-0.05, 0) is 6.42 Å². The SMILES string of the molecule is CCC(CC(=O)O)NS(=O)(=O)N(C)C. The minimum atomic E-state index is -3.54. The Morgan fingerprint density at radius 1 is 1.50 bits per heavy atom. The number of carbonyl (C=O) groups is 1. The second-order valence-corrected chi connectivity index (χ2v) is 5.02. The van der Waals surface area contributed by atoms with Gasteiger partial charge in [-0.2, -0.15) is 17.4 Å². The van der Waals surface area contributed by atoms with Gasteiger partial charge in [0.05, 0.1) is 6.42 Å². The number of aliphatic carboxylic acids is 1. The molecule has 0 amide bonds. The van der Waals surface area contributed by atoms with E-state index in [9.17, 15) is 13.2 Å². The van der Waals surface area contributed by atoms with Gasteiger partial charge in [-0.1, -0.05) is 6.92 Å². The van der Waals surface area contributed by atoms with E-state index in [1.165, 1.54) is 14.1 Å². The van der Waals surface area contributed by atoms with Crippen LogP contribution in [0.25, 0.3) is 0 Å². The number of carboxylic acid groups (broad SMARTS) is 1. The molecule has 0 aliphatic rings. The number of nitrogens with zero attached hydrogens (tertiary/aromatic N) is 1. The quantitative estimate of drug-likeness (QED) is 0.645. The molecule has 1 unspecified atom stereocenters. The molecule has 6 nitrogen and oxygen atoms in total. The van der Waals surface area contributed by atoms with Crippen LogP contribution in [0, 0.1) is 0 Å². The maximum atomic E-state index is 11.3. The van der Waals surface area contributed by atoms with Crippen LogP contribution in [0.1, 0.15) is 19.8 Å². The van der Waals surface area contributed by atoms with Crippen LogP contribution in [-0.2, 0) is 15.0 Å². The summed E-state index contributed by atoms with van der Waals surface area (Å²) < 4.78 is 25.9. The van der Waals surface area contributed by atoms with Crippen LogP contribution in [0.3, 0.4) is 0 Å². The first-order chi connectivity index (χ1) is 6.29. The van der Waals surface area contributed by atoms with Crippen molar-refractivity contribution >= 4 is 16.2 Å². The smallest absolute Gasteiger partial charge is 0.304 e. The number of rotatable bonds is 6. The largest absolute Gasteiger partial charge is 0.481 e. The predicted molar refractivity (Wildman–Crippen MR) is 52.1 cm³/mol. The van der Waals surface area contributed by atoms with E-state index in [2.05, 4.69) is 4.72 Å². The highest BCUT2D eigenvalue weighted by Gasteiger charge is 2.20. The van der Waals surface area contributed by atoms with E-state index >= 15 is 0 Å². The monoisotopic (exact) mass is 224 g/mol. The lowest BCUT2D eigenvalue weighted by atomic mass is 10.2. The van der Waals surface area contributed by atoms with Gasteiger partial charge in [0.15, 0.2) is 0 Å². The minimum Gasteiger partial charge on any atom is -0.481 e. The third-order valence-electron chi connectivity index (χ3n) is 1.71. The lowest BCUT2D eigenvalue weighted by Crippen LogP contribution is -2.42. The van der Waals surface area contributed by atoms with Crippen LogP contribution < -0.4 is 4.72 Å². The number of nitrogens with one attached hydrogen (secondary N) is 1. The van der Waals surface area contributed by atoms with Gasteiger partial charge < -0.3 is 5.11 Å². The molecule has 0 aromatic heterocycles. The van der Waals surface area contributed by atoms with E-state index in [0.29, 0.717) is 6.42 Å². The van der Waals surface area contributed by atoms with Gasteiger partial charge in [0.25, 0.3) is 10.2 Å². The molecule has 0 aromatic carbocycles. The van der Waals surface area contributed by atoms with Gasteiger partial charge in [0.2, 0.25) is 0 Å². The normalized spacial score (nSPS) is 14.3. The van der Waals surface area contributed by atoms with Crippen molar-refractivity contribution in [1.29, 1.82) is 0 Å². The molecule has 14 heavy (non-hydrogen) atoms. The first kappa shape index (κ1) is 13.3. The summed E-state index contributed by atoms with van der Waals surface area (Å²) in [5.41, 5.74) is 0. The molecule has 0 bridgehead atoms. The van der Waals surface area contributed by atoms with E-state index in [1.54, 1.807) is 6.92 Å². The van der Waals surface area contributed by atoms with E-state index in [4.69, 9.17) is 5.11 Å². The Morgan fingerprint density at radius 2 is 2.00 bits per heavy atom. The zero-order valence-corrected chi connectivity index (χ0v) is 9.34. The van der Waals surface area contributed by atoms with Crippen molar-refractivity contribution in [1.82, 2.24) is 9.03 Å². The highest BCUT2D eigenvalue weighted by atomic mass is 32.2. The summed E-state index contributed by atoms with van der Waals surface area (Å²) in [5, 5.41) is 8.50. The Balaban J connectivity index is 4.39. The van der Waals surface area contributed by atoms with Crippen molar-refractivity contribution < 1.29 is 18.3 Å². The molecule has 0 saturated carbocycles. The molecule has 0 rings (SSSR count). The molecule has 0 saturated heterocycles. The Bertz CT molecular complexity index is 286. The molecule has 7 heteroatoms. The van der Waals surface area contributed by atoms with Crippen molar-refractivity contribution in [3.63, 3.8) is 0 Å². The average Bonchev–Trinajstić information content (AvgIpc) is 2.01. The van der Waals surface area contributed by atoms with E-state index in [-0.39, 0.29) is 6.42 Å². The molecule has 0 spiro atoms. The molecule has 84 valence electrons. The summed E-state index contributed by atoms with van der Waals surface area (Å²) in [6.45, 7) is 1.73. The Hall–Kier alpha value is -0.660. The molecular formula is C7H16N2O4S. The summed E-state index contributed by atoms with van der Waals surface area (Å²) in [4.78, 5) is 10.4. The zero-order chi connectivity index (χ0) is 11.4. The van der Waals surface area contributed by atoms with Crippen molar-refractivity contribution in [2.45, 2.75) is 25.8 Å². The van der Waals surface area contributed by atoms with Crippen LogP contribution in [0.5, 0.6) is 0 Å². The summed E-state index contributed by atoms with van der Waals surface area (Å²) in [5.74, 6) is -1.02. The molecule has 0 heterocycles. The fourth-order valence-corrected chi connectivity index (χ4v) is 1.68. The number of carboxylic acids is 1. The third kappa shape index (κ3) is 4.54. The summed E-state index contributed by atoms with van der Waals surface area (Å²) >= 11 is 0. The van der Waals surface area contributed by atoms with E-state index < -0.39 is 22.2 Å². The minimum absolute atomic E-state index is 0.205. The summed E-state index contributed by atoms with van der Waals surface area (Å²) in [6, 6.07) is -0.556. The van der Waals surface area contributed by atoms with Crippen molar-refractivity contribution in [2.24, 2.45) is 0 Å². The summed E-state index contributed by atoms with van der Waals surface area (Å²) in [6.07, 6.45) is 0.239. The lowest BCUT2D eigenvalue weighted by Gasteiger charge is -2.18. The van der Waals surface area contributed by atoms with Crippen molar-refractivity contribution in [3.05, 3.63) is 0 Å². The summed E-state index contributed by atoms with van der Waals surface area (Å²) in [7, 11) is -0.766. The topological polar surface area (TPSA) is 86.7 Å². The fourth-order valence-electron chi connectivity index (χ4n) is 0.796. The fraction of sp³-hybridized carbons (Fsp3) is 0.857. The number of hydrogen-bond acceptors (Lipinski definition) is 3. The van der Waals surface area contributed by atoms with Gasteiger partial charge in [-0.3, -0.25) is 4.79 Å². The molecule has 0 aromatic rings. The van der Waals surface area contributed by atoms with Crippen LogP contribution in [-0.4, -0.2) is 43.9 Å². The molecule has 0 fully saturated rings. The predicted octanol–water partition coefficient (Wildman–Crippen LogP) is -0.364. The Kier molecular flexibility index (Phi) is 5.03. The zero-order valence-electron chi connectivity index (χ0n) is 8.52. The first-order valence-electron chi connectivity index (χ1n) is 4.21. The molecular weight excluding hydrogens is 208 g/mol. The Morgan fingerprint density at radius 3 is 2.29 bits per heavy atom. The van der Waals surface area contributed by atoms with Crippen LogP contribution in [0.2, 0.25) is 0 Å². The van der Waals surface area contributed by atoms with Gasteiger partial charge in [-0.25, -0.2) is 0 Å². The standard InChI is InChI=1S/C7H16N2O4S/c1-4-6(5-7(10)11)8-14(12,13)9(2)3/h6,8H,4-5H2,1-3H3,(H,10,11). The second-order valence-electron chi connectivity index (χ2n) is 3.11. The van der Waals surface area contributed by atoms with Gasteiger partial charge in [0.1, 0.15) is 0 Å². The van der Waals surface area contributed by atoms with E-state index in [1.807, 2.05) is 0 Å². The first-order valence-corrected chi connectivity index (χ1v) is 5.65. The molecule has 0 radical (unpaired) electrons. The molecule has 0 aliphatic carbocycles. The van der Waals surface area contributed by atoms with Crippen molar-refractivity contribution in [3.8, 4) is 0 Å². The molecule has 2 N–H and O–H groups in total. The van der Waals surface area contributed by atoms with Gasteiger partial charge in [0, 0.05) is 20.1 Å².